The number of aromatic nitrogens is 3. The SMILES string of the molecule is Cc1cc(C2CCc3nc(C)ccc3C2=O)nc(C)n1. The number of rotatable bonds is 1. The second-order valence-electron chi connectivity index (χ2n) is 5.38. The summed E-state index contributed by atoms with van der Waals surface area (Å²) in [5.74, 6) is 0.698. The minimum atomic E-state index is -0.160. The van der Waals surface area contributed by atoms with Crippen LogP contribution in [0, 0.1) is 20.8 Å². The van der Waals surface area contributed by atoms with Gasteiger partial charge < -0.3 is 0 Å². The average Bonchev–Trinajstić information content (AvgIpc) is 2.37. The largest absolute Gasteiger partial charge is 0.293 e. The summed E-state index contributed by atoms with van der Waals surface area (Å²) in [6, 6.07) is 5.71. The van der Waals surface area contributed by atoms with Gasteiger partial charge in [-0.25, -0.2) is 9.97 Å². The Morgan fingerprint density at radius 2 is 1.85 bits per heavy atom. The molecule has 0 spiro atoms. The van der Waals surface area contributed by atoms with Crippen LogP contribution in [-0.2, 0) is 6.42 Å². The molecule has 1 atom stereocenters. The average molecular weight is 267 g/mol. The van der Waals surface area contributed by atoms with Crippen LogP contribution in [0.15, 0.2) is 18.2 Å². The van der Waals surface area contributed by atoms with Crippen LogP contribution < -0.4 is 0 Å². The number of Topliss-reactive ketones (excluding diaryl/α,β-unsaturated/α-hetero) is 1. The van der Waals surface area contributed by atoms with E-state index in [4.69, 9.17) is 0 Å². The quantitative estimate of drug-likeness (QED) is 0.797. The molecule has 4 heteroatoms. The summed E-state index contributed by atoms with van der Waals surface area (Å²) in [6.45, 7) is 5.75. The summed E-state index contributed by atoms with van der Waals surface area (Å²) in [5.41, 5.74) is 4.39. The topological polar surface area (TPSA) is 55.7 Å². The number of pyridine rings is 1. The Kier molecular flexibility index (Phi) is 3.08. The highest BCUT2D eigenvalue weighted by Gasteiger charge is 2.30. The number of carbonyl (C=O) groups excluding carboxylic acids is 1. The van der Waals surface area contributed by atoms with E-state index in [0.717, 1.165) is 47.0 Å². The number of hydrogen-bond acceptors (Lipinski definition) is 4. The Labute approximate surface area is 118 Å². The van der Waals surface area contributed by atoms with Crippen LogP contribution in [-0.4, -0.2) is 20.7 Å². The zero-order valence-corrected chi connectivity index (χ0v) is 12.0. The van der Waals surface area contributed by atoms with Gasteiger partial charge in [-0.2, -0.15) is 0 Å². The minimum Gasteiger partial charge on any atom is -0.293 e. The molecule has 0 aromatic carbocycles. The fourth-order valence-electron chi connectivity index (χ4n) is 2.83. The lowest BCUT2D eigenvalue weighted by Crippen LogP contribution is -2.23. The normalized spacial score (nSPS) is 17.9. The highest BCUT2D eigenvalue weighted by atomic mass is 16.1. The third-order valence-corrected chi connectivity index (χ3v) is 3.71. The summed E-state index contributed by atoms with van der Waals surface area (Å²) in [4.78, 5) is 25.8. The summed E-state index contributed by atoms with van der Waals surface area (Å²) < 4.78 is 0. The fraction of sp³-hybridized carbons (Fsp3) is 0.375. The van der Waals surface area contributed by atoms with E-state index in [1.165, 1.54) is 0 Å². The molecule has 2 aromatic rings. The predicted octanol–water partition coefficient (Wildman–Crippen LogP) is 2.71. The van der Waals surface area contributed by atoms with E-state index in [2.05, 4.69) is 15.0 Å². The lowest BCUT2D eigenvalue weighted by molar-refractivity contribution is 0.0943. The minimum absolute atomic E-state index is 0.135. The molecule has 0 amide bonds. The molecule has 0 fully saturated rings. The van der Waals surface area contributed by atoms with E-state index in [9.17, 15) is 4.79 Å². The molecule has 0 saturated heterocycles. The van der Waals surface area contributed by atoms with Crippen molar-refractivity contribution in [2.24, 2.45) is 0 Å². The summed E-state index contributed by atoms with van der Waals surface area (Å²) in [6.07, 6.45) is 1.60. The first-order valence-electron chi connectivity index (χ1n) is 6.87. The van der Waals surface area contributed by atoms with Crippen LogP contribution in [0.3, 0.4) is 0 Å². The van der Waals surface area contributed by atoms with Gasteiger partial charge in [0.05, 0.1) is 17.3 Å². The van der Waals surface area contributed by atoms with Crippen LogP contribution in [0.25, 0.3) is 0 Å². The Morgan fingerprint density at radius 3 is 2.60 bits per heavy atom. The molecular weight excluding hydrogens is 250 g/mol. The molecule has 0 aliphatic heterocycles. The van der Waals surface area contributed by atoms with Crippen molar-refractivity contribution in [3.8, 4) is 0 Å². The first-order chi connectivity index (χ1) is 9.54. The lowest BCUT2D eigenvalue weighted by Gasteiger charge is -2.22. The lowest BCUT2D eigenvalue weighted by atomic mass is 9.83. The number of fused-ring (bicyclic) bond motifs is 1. The zero-order chi connectivity index (χ0) is 14.3. The molecule has 20 heavy (non-hydrogen) atoms. The van der Waals surface area contributed by atoms with Crippen LogP contribution in [0.4, 0.5) is 0 Å². The van der Waals surface area contributed by atoms with Crippen molar-refractivity contribution in [1.29, 1.82) is 0 Å². The van der Waals surface area contributed by atoms with Gasteiger partial charge in [0.25, 0.3) is 0 Å². The Bertz CT molecular complexity index is 674. The van der Waals surface area contributed by atoms with E-state index >= 15 is 0 Å². The first-order valence-corrected chi connectivity index (χ1v) is 6.87. The molecule has 1 unspecified atom stereocenters. The molecule has 1 aliphatic rings. The van der Waals surface area contributed by atoms with Crippen LogP contribution in [0.1, 0.15) is 51.3 Å². The van der Waals surface area contributed by atoms with E-state index in [1.54, 1.807) is 0 Å². The highest BCUT2D eigenvalue weighted by molar-refractivity contribution is 6.02. The van der Waals surface area contributed by atoms with Crippen molar-refractivity contribution < 1.29 is 4.79 Å². The summed E-state index contributed by atoms with van der Waals surface area (Å²) in [5, 5.41) is 0. The van der Waals surface area contributed by atoms with Crippen molar-refractivity contribution in [3.63, 3.8) is 0 Å². The van der Waals surface area contributed by atoms with Crippen molar-refractivity contribution in [3.05, 3.63) is 52.4 Å². The van der Waals surface area contributed by atoms with Gasteiger partial charge in [0.1, 0.15) is 5.82 Å². The van der Waals surface area contributed by atoms with Gasteiger partial charge >= 0.3 is 0 Å². The Hall–Kier alpha value is -2.10. The van der Waals surface area contributed by atoms with Crippen molar-refractivity contribution >= 4 is 5.78 Å². The first kappa shape index (κ1) is 12.9. The van der Waals surface area contributed by atoms with Crippen LogP contribution in [0.2, 0.25) is 0 Å². The van der Waals surface area contributed by atoms with Gasteiger partial charge in [-0.3, -0.25) is 9.78 Å². The monoisotopic (exact) mass is 267 g/mol. The number of aryl methyl sites for hydroxylation is 4. The van der Waals surface area contributed by atoms with Crippen LogP contribution >= 0.6 is 0 Å². The van der Waals surface area contributed by atoms with Gasteiger partial charge in [-0.15, -0.1) is 0 Å². The highest BCUT2D eigenvalue weighted by Crippen LogP contribution is 2.31. The molecule has 0 N–H and O–H groups in total. The van der Waals surface area contributed by atoms with E-state index < -0.39 is 0 Å². The van der Waals surface area contributed by atoms with Gasteiger partial charge in [-0.1, -0.05) is 0 Å². The molecule has 2 aromatic heterocycles. The zero-order valence-electron chi connectivity index (χ0n) is 12.0. The molecule has 0 bridgehead atoms. The molecule has 1 aliphatic carbocycles. The molecular formula is C16H17N3O. The smallest absolute Gasteiger partial charge is 0.173 e. The maximum atomic E-state index is 12.7. The fourth-order valence-corrected chi connectivity index (χ4v) is 2.83. The summed E-state index contributed by atoms with van der Waals surface area (Å²) >= 11 is 0. The van der Waals surface area contributed by atoms with E-state index in [0.29, 0.717) is 0 Å². The summed E-state index contributed by atoms with van der Waals surface area (Å²) in [7, 11) is 0. The third-order valence-electron chi connectivity index (χ3n) is 3.71. The van der Waals surface area contributed by atoms with Gasteiger partial charge in [0.15, 0.2) is 5.78 Å². The number of nitrogens with zero attached hydrogens (tertiary/aromatic N) is 3. The van der Waals surface area contributed by atoms with E-state index in [1.807, 2.05) is 39.0 Å². The van der Waals surface area contributed by atoms with Gasteiger partial charge in [0, 0.05) is 17.0 Å². The number of carbonyl (C=O) groups is 1. The molecule has 102 valence electrons. The van der Waals surface area contributed by atoms with Gasteiger partial charge in [0.2, 0.25) is 0 Å². The maximum Gasteiger partial charge on any atom is 0.173 e. The van der Waals surface area contributed by atoms with Crippen molar-refractivity contribution in [2.75, 3.05) is 0 Å². The van der Waals surface area contributed by atoms with Gasteiger partial charge in [-0.05, 0) is 51.8 Å². The molecule has 0 radical (unpaired) electrons. The number of ketones is 1. The van der Waals surface area contributed by atoms with Crippen molar-refractivity contribution in [2.45, 2.75) is 39.5 Å². The molecule has 4 nitrogen and oxygen atoms in total. The second kappa shape index (κ2) is 4.78. The second-order valence-corrected chi connectivity index (χ2v) is 5.38. The number of hydrogen-bond donors (Lipinski definition) is 0. The third kappa shape index (κ3) is 2.22. The Morgan fingerprint density at radius 1 is 1.05 bits per heavy atom. The molecule has 3 rings (SSSR count). The molecule has 2 heterocycles. The van der Waals surface area contributed by atoms with Crippen molar-refractivity contribution in [1.82, 2.24) is 15.0 Å². The maximum absolute atomic E-state index is 12.7. The van der Waals surface area contributed by atoms with Crippen LogP contribution in [0.5, 0.6) is 0 Å². The van der Waals surface area contributed by atoms with E-state index in [-0.39, 0.29) is 11.7 Å². The standard InChI is InChI=1S/C16H17N3O/c1-9-4-5-12-14(18-9)7-6-13(16(12)20)15-8-10(2)17-11(3)19-15/h4-5,8,13H,6-7H2,1-3H3. The molecule has 0 saturated carbocycles. The Balaban J connectivity index is 2.01. The predicted molar refractivity (Wildman–Crippen MR) is 75.9 cm³/mol.